The van der Waals surface area contributed by atoms with Crippen molar-refractivity contribution in [3.63, 3.8) is 0 Å². The molecule has 1 saturated heterocycles. The van der Waals surface area contributed by atoms with Crippen LogP contribution in [0.25, 0.3) is 0 Å². The number of hydrogen-bond donors (Lipinski definition) is 0. The number of hydrogen-bond acceptors (Lipinski definition) is 4. The molecule has 0 amide bonds. The highest BCUT2D eigenvalue weighted by Crippen LogP contribution is 2.38. The van der Waals surface area contributed by atoms with E-state index in [1.165, 1.54) is 0 Å². The minimum Gasteiger partial charge on any atom is -0.497 e. The highest BCUT2D eigenvalue weighted by atomic mass is 16.5. The average Bonchev–Trinajstić information content (AvgIpc) is 2.86. The smallest absolute Gasteiger partial charge is 0.127 e. The highest BCUT2D eigenvalue weighted by molar-refractivity contribution is 5.42. The molecule has 4 heteroatoms. The summed E-state index contributed by atoms with van der Waals surface area (Å²) < 4.78 is 10.6. The molecular weight excluding hydrogens is 228 g/mol. The van der Waals surface area contributed by atoms with Crippen LogP contribution in [-0.4, -0.2) is 32.2 Å². The van der Waals surface area contributed by atoms with Crippen LogP contribution in [0, 0.1) is 11.3 Å². The Morgan fingerprint density at radius 2 is 2.22 bits per heavy atom. The van der Waals surface area contributed by atoms with E-state index < -0.39 is 0 Å². The number of benzene rings is 1. The number of ether oxygens (including phenoxy) is 2. The number of nitriles is 1. The number of rotatable bonds is 4. The Kier molecular flexibility index (Phi) is 4.06. The maximum absolute atomic E-state index is 8.86. The Balaban J connectivity index is 2.29. The minimum atomic E-state index is 0.283. The van der Waals surface area contributed by atoms with Crippen LogP contribution in [0.15, 0.2) is 18.2 Å². The summed E-state index contributed by atoms with van der Waals surface area (Å²) in [7, 11) is 3.31. The molecule has 0 saturated carbocycles. The molecule has 0 aliphatic carbocycles. The molecular formula is C14H18N2O2. The van der Waals surface area contributed by atoms with Gasteiger partial charge in [-0.3, -0.25) is 4.90 Å². The van der Waals surface area contributed by atoms with Crippen molar-refractivity contribution in [3.8, 4) is 17.6 Å². The van der Waals surface area contributed by atoms with Crippen LogP contribution in [-0.2, 0) is 0 Å². The van der Waals surface area contributed by atoms with Crippen molar-refractivity contribution in [1.82, 2.24) is 4.90 Å². The third-order valence-corrected chi connectivity index (χ3v) is 3.44. The molecule has 1 unspecified atom stereocenters. The highest BCUT2D eigenvalue weighted by Gasteiger charge is 2.28. The largest absolute Gasteiger partial charge is 0.497 e. The van der Waals surface area contributed by atoms with Crippen molar-refractivity contribution in [2.45, 2.75) is 18.9 Å². The van der Waals surface area contributed by atoms with E-state index in [4.69, 9.17) is 14.7 Å². The molecule has 0 radical (unpaired) electrons. The zero-order chi connectivity index (χ0) is 13.0. The van der Waals surface area contributed by atoms with Crippen LogP contribution in [0.1, 0.15) is 24.4 Å². The number of likely N-dealkylation sites (tertiary alicyclic amines) is 1. The summed E-state index contributed by atoms with van der Waals surface area (Å²) in [5, 5.41) is 8.86. The molecule has 0 N–H and O–H groups in total. The van der Waals surface area contributed by atoms with Crippen LogP contribution >= 0.6 is 0 Å². The Morgan fingerprint density at radius 1 is 1.39 bits per heavy atom. The first kappa shape index (κ1) is 12.7. The van der Waals surface area contributed by atoms with Crippen LogP contribution < -0.4 is 9.47 Å². The molecule has 1 aromatic rings. The van der Waals surface area contributed by atoms with E-state index >= 15 is 0 Å². The van der Waals surface area contributed by atoms with Crippen LogP contribution in [0.5, 0.6) is 11.5 Å². The second-order valence-electron chi connectivity index (χ2n) is 4.39. The van der Waals surface area contributed by atoms with Crippen molar-refractivity contribution in [3.05, 3.63) is 23.8 Å². The molecule has 2 rings (SSSR count). The van der Waals surface area contributed by atoms with Crippen LogP contribution in [0.3, 0.4) is 0 Å². The standard InChI is InChI=1S/C14H18N2O2/c1-17-11-5-6-12(14(10-11)18-2)13-4-3-8-16(13)9-7-15/h5-6,10,13H,3-4,8-9H2,1-2H3. The third kappa shape index (κ3) is 2.41. The van der Waals surface area contributed by atoms with Gasteiger partial charge in [0, 0.05) is 17.7 Å². The van der Waals surface area contributed by atoms with Gasteiger partial charge in [0.1, 0.15) is 11.5 Å². The summed E-state index contributed by atoms with van der Waals surface area (Å²) in [5.74, 6) is 1.63. The lowest BCUT2D eigenvalue weighted by Gasteiger charge is -2.23. The molecule has 4 nitrogen and oxygen atoms in total. The maximum atomic E-state index is 8.86. The second-order valence-corrected chi connectivity index (χ2v) is 4.39. The molecule has 1 aromatic carbocycles. The summed E-state index contributed by atoms with van der Waals surface area (Å²) in [6.07, 6.45) is 2.20. The maximum Gasteiger partial charge on any atom is 0.127 e. The molecule has 1 fully saturated rings. The lowest BCUT2D eigenvalue weighted by atomic mass is 10.0. The molecule has 18 heavy (non-hydrogen) atoms. The van der Waals surface area contributed by atoms with E-state index in [-0.39, 0.29) is 6.04 Å². The van der Waals surface area contributed by atoms with Crippen molar-refractivity contribution in [2.24, 2.45) is 0 Å². The van der Waals surface area contributed by atoms with Crippen molar-refractivity contribution < 1.29 is 9.47 Å². The van der Waals surface area contributed by atoms with E-state index in [9.17, 15) is 0 Å². The van der Waals surface area contributed by atoms with Gasteiger partial charge in [-0.05, 0) is 25.5 Å². The topological polar surface area (TPSA) is 45.5 Å². The van der Waals surface area contributed by atoms with Crippen LogP contribution in [0.4, 0.5) is 0 Å². The van der Waals surface area contributed by atoms with Crippen molar-refractivity contribution >= 4 is 0 Å². The fraction of sp³-hybridized carbons (Fsp3) is 0.500. The number of nitrogens with zero attached hydrogens (tertiary/aromatic N) is 2. The van der Waals surface area contributed by atoms with E-state index in [1.54, 1.807) is 14.2 Å². The van der Waals surface area contributed by atoms with Gasteiger partial charge < -0.3 is 9.47 Å². The first-order valence-electron chi connectivity index (χ1n) is 6.13. The van der Waals surface area contributed by atoms with Gasteiger partial charge in [0.2, 0.25) is 0 Å². The molecule has 1 atom stereocenters. The Bertz CT molecular complexity index is 454. The number of methoxy groups -OCH3 is 2. The first-order chi connectivity index (χ1) is 8.80. The Morgan fingerprint density at radius 3 is 2.89 bits per heavy atom. The van der Waals surface area contributed by atoms with Gasteiger partial charge in [0.15, 0.2) is 0 Å². The predicted molar refractivity (Wildman–Crippen MR) is 68.7 cm³/mol. The summed E-state index contributed by atoms with van der Waals surface area (Å²) in [4.78, 5) is 2.20. The summed E-state index contributed by atoms with van der Waals surface area (Å²) in [6, 6.07) is 8.40. The Labute approximate surface area is 108 Å². The van der Waals surface area contributed by atoms with Gasteiger partial charge in [-0.2, -0.15) is 5.26 Å². The van der Waals surface area contributed by atoms with E-state index in [0.29, 0.717) is 6.54 Å². The quantitative estimate of drug-likeness (QED) is 0.765. The van der Waals surface area contributed by atoms with E-state index in [1.807, 2.05) is 18.2 Å². The fourth-order valence-electron chi connectivity index (χ4n) is 2.55. The van der Waals surface area contributed by atoms with Crippen molar-refractivity contribution in [2.75, 3.05) is 27.3 Å². The molecule has 96 valence electrons. The van der Waals surface area contributed by atoms with E-state index in [2.05, 4.69) is 11.0 Å². The summed E-state index contributed by atoms with van der Waals surface area (Å²) >= 11 is 0. The lowest BCUT2D eigenvalue weighted by Crippen LogP contribution is -2.23. The third-order valence-electron chi connectivity index (χ3n) is 3.44. The first-order valence-corrected chi connectivity index (χ1v) is 6.13. The molecule has 0 aromatic heterocycles. The fourth-order valence-corrected chi connectivity index (χ4v) is 2.55. The molecule has 1 aliphatic heterocycles. The van der Waals surface area contributed by atoms with Gasteiger partial charge >= 0.3 is 0 Å². The summed E-state index contributed by atoms with van der Waals surface area (Å²) in [6.45, 7) is 1.45. The van der Waals surface area contributed by atoms with Crippen molar-refractivity contribution in [1.29, 1.82) is 5.26 Å². The zero-order valence-corrected chi connectivity index (χ0v) is 10.8. The zero-order valence-electron chi connectivity index (χ0n) is 10.8. The predicted octanol–water partition coefficient (Wildman–Crippen LogP) is 2.36. The monoisotopic (exact) mass is 246 g/mol. The lowest BCUT2D eigenvalue weighted by molar-refractivity contribution is 0.280. The minimum absolute atomic E-state index is 0.283. The normalized spacial score (nSPS) is 19.5. The molecule has 0 bridgehead atoms. The van der Waals surface area contributed by atoms with E-state index in [0.717, 1.165) is 36.4 Å². The van der Waals surface area contributed by atoms with Gasteiger partial charge in [0.25, 0.3) is 0 Å². The van der Waals surface area contributed by atoms with Crippen LogP contribution in [0.2, 0.25) is 0 Å². The summed E-state index contributed by atoms with van der Waals surface area (Å²) in [5.41, 5.74) is 1.14. The van der Waals surface area contributed by atoms with Gasteiger partial charge in [0.05, 0.1) is 26.8 Å². The second kappa shape index (κ2) is 5.74. The average molecular weight is 246 g/mol. The Hall–Kier alpha value is -1.73. The molecule has 0 spiro atoms. The van der Waals surface area contributed by atoms with Gasteiger partial charge in [-0.25, -0.2) is 0 Å². The van der Waals surface area contributed by atoms with Gasteiger partial charge in [-0.15, -0.1) is 0 Å². The molecule has 1 aliphatic rings. The SMILES string of the molecule is COc1ccc(C2CCCN2CC#N)c(OC)c1. The van der Waals surface area contributed by atoms with Gasteiger partial charge in [-0.1, -0.05) is 6.07 Å². The molecule has 1 heterocycles.